The maximum absolute atomic E-state index is 13.5. The number of amides is 3. The molecule has 1 aliphatic rings. The van der Waals surface area contributed by atoms with E-state index in [9.17, 15) is 14.4 Å². The van der Waals surface area contributed by atoms with Crippen LogP contribution in [0.1, 0.15) is 31.4 Å². The van der Waals surface area contributed by atoms with Gasteiger partial charge in [0.15, 0.2) is 0 Å². The number of nitrogens with one attached hydrogen (secondary N) is 1. The second-order valence-corrected chi connectivity index (χ2v) is 11.0. The summed E-state index contributed by atoms with van der Waals surface area (Å²) < 4.78 is 0. The Hall–Kier alpha value is -3.97. The maximum Gasteiger partial charge on any atom is 0.247 e. The van der Waals surface area contributed by atoms with Crippen LogP contribution in [0.4, 0.5) is 0 Å². The molecule has 7 heteroatoms. The first-order chi connectivity index (χ1) is 18.6. The quantitative estimate of drug-likeness (QED) is 0.418. The van der Waals surface area contributed by atoms with E-state index in [2.05, 4.69) is 35.6 Å². The SMILES string of the molecule is CNC(=O)[C@@H](Cc1ccccc1)N1C[C@@H](Cc2ccc3ccccc3c2)N(C(=O)/C=C/CC(C)(C)N)CC1=O. The average molecular weight is 527 g/mol. The Kier molecular flexibility index (Phi) is 8.82. The van der Waals surface area contributed by atoms with Gasteiger partial charge in [-0.25, -0.2) is 0 Å². The maximum atomic E-state index is 13.5. The van der Waals surface area contributed by atoms with E-state index < -0.39 is 11.6 Å². The van der Waals surface area contributed by atoms with Crippen molar-refractivity contribution in [2.75, 3.05) is 20.1 Å². The van der Waals surface area contributed by atoms with Gasteiger partial charge in [-0.3, -0.25) is 14.4 Å². The van der Waals surface area contributed by atoms with Gasteiger partial charge in [-0.2, -0.15) is 0 Å². The predicted molar refractivity (Wildman–Crippen MR) is 155 cm³/mol. The van der Waals surface area contributed by atoms with Crippen LogP contribution in [0.3, 0.4) is 0 Å². The molecule has 2 atom stereocenters. The normalized spacial score (nSPS) is 17.0. The van der Waals surface area contributed by atoms with Gasteiger partial charge >= 0.3 is 0 Å². The molecule has 1 aliphatic heterocycles. The number of piperazine rings is 1. The summed E-state index contributed by atoms with van der Waals surface area (Å²) in [7, 11) is 1.58. The lowest BCUT2D eigenvalue weighted by atomic mass is 9.96. The standard InChI is InChI=1S/C32H38N4O3/c1-32(2,33)17-9-14-29(37)35-22-30(38)36(28(31(39)34-3)20-23-10-5-4-6-11-23)21-27(35)19-24-15-16-25-12-7-8-13-26(25)18-24/h4-16,18,27-28H,17,19-22,33H2,1-3H3,(H,34,39)/b14-9+/t27-,28-/m1/s1. The Labute approximate surface area is 230 Å². The van der Waals surface area contributed by atoms with Crippen LogP contribution < -0.4 is 11.1 Å². The number of hydrogen-bond acceptors (Lipinski definition) is 4. The monoisotopic (exact) mass is 526 g/mol. The zero-order valence-corrected chi connectivity index (χ0v) is 23.0. The Morgan fingerprint density at radius 2 is 1.72 bits per heavy atom. The Morgan fingerprint density at radius 1 is 1.03 bits per heavy atom. The van der Waals surface area contributed by atoms with Crippen molar-refractivity contribution in [2.45, 2.75) is 50.7 Å². The molecule has 0 saturated carbocycles. The zero-order valence-electron chi connectivity index (χ0n) is 23.0. The molecule has 1 fully saturated rings. The number of benzene rings is 3. The predicted octanol–water partition coefficient (Wildman–Crippen LogP) is 3.46. The molecule has 3 aromatic carbocycles. The van der Waals surface area contributed by atoms with Crippen LogP contribution in [-0.4, -0.2) is 65.3 Å². The number of fused-ring (bicyclic) bond motifs is 1. The fraction of sp³-hybridized carbons (Fsp3) is 0.344. The summed E-state index contributed by atoms with van der Waals surface area (Å²) in [6.45, 7) is 3.98. The third-order valence-corrected chi connectivity index (χ3v) is 7.14. The molecule has 39 heavy (non-hydrogen) atoms. The molecule has 0 bridgehead atoms. The van der Waals surface area contributed by atoms with Gasteiger partial charge in [0.1, 0.15) is 12.6 Å². The fourth-order valence-electron chi connectivity index (χ4n) is 5.07. The Bertz CT molecular complexity index is 1350. The lowest BCUT2D eigenvalue weighted by Gasteiger charge is -2.43. The molecule has 1 saturated heterocycles. The molecule has 3 N–H and O–H groups in total. The molecule has 0 radical (unpaired) electrons. The smallest absolute Gasteiger partial charge is 0.247 e. The average Bonchev–Trinajstić information content (AvgIpc) is 2.92. The van der Waals surface area contributed by atoms with E-state index in [4.69, 9.17) is 5.73 Å². The summed E-state index contributed by atoms with van der Waals surface area (Å²) in [6.07, 6.45) is 4.79. The molecule has 1 heterocycles. The first-order valence-electron chi connectivity index (χ1n) is 13.4. The van der Waals surface area contributed by atoms with E-state index in [1.165, 1.54) is 6.08 Å². The highest BCUT2D eigenvalue weighted by Gasteiger charge is 2.39. The Balaban J connectivity index is 1.63. The summed E-state index contributed by atoms with van der Waals surface area (Å²) in [5.74, 6) is -0.686. The molecular formula is C32H38N4O3. The van der Waals surface area contributed by atoms with E-state index >= 15 is 0 Å². The Morgan fingerprint density at radius 3 is 2.41 bits per heavy atom. The molecule has 0 aromatic heterocycles. The van der Waals surface area contributed by atoms with Gasteiger partial charge in [0.2, 0.25) is 17.7 Å². The molecular weight excluding hydrogens is 488 g/mol. The second-order valence-electron chi connectivity index (χ2n) is 11.0. The van der Waals surface area contributed by atoms with Crippen LogP contribution in [-0.2, 0) is 27.2 Å². The molecule has 7 nitrogen and oxygen atoms in total. The highest BCUT2D eigenvalue weighted by Crippen LogP contribution is 2.23. The summed E-state index contributed by atoms with van der Waals surface area (Å²) in [4.78, 5) is 43.1. The van der Waals surface area contributed by atoms with Gasteiger partial charge in [0, 0.05) is 25.6 Å². The molecule has 0 spiro atoms. The summed E-state index contributed by atoms with van der Waals surface area (Å²) in [6, 6.07) is 23.1. The van der Waals surface area contributed by atoms with Crippen LogP contribution in [0.2, 0.25) is 0 Å². The van der Waals surface area contributed by atoms with Crippen LogP contribution in [0, 0.1) is 0 Å². The highest BCUT2D eigenvalue weighted by molar-refractivity contribution is 5.94. The topological polar surface area (TPSA) is 95.7 Å². The molecule has 0 unspecified atom stereocenters. The van der Waals surface area contributed by atoms with E-state index in [1.807, 2.05) is 56.3 Å². The number of nitrogens with zero attached hydrogens (tertiary/aromatic N) is 2. The van der Waals surface area contributed by atoms with E-state index in [1.54, 1.807) is 22.9 Å². The molecule has 204 valence electrons. The third kappa shape index (κ3) is 7.33. The van der Waals surface area contributed by atoms with Gasteiger partial charge in [0.05, 0.1) is 6.04 Å². The van der Waals surface area contributed by atoms with Crippen LogP contribution in [0.25, 0.3) is 10.8 Å². The van der Waals surface area contributed by atoms with Gasteiger partial charge in [-0.15, -0.1) is 0 Å². The van der Waals surface area contributed by atoms with Gasteiger partial charge in [-0.1, -0.05) is 78.9 Å². The number of likely N-dealkylation sites (N-methyl/N-ethyl adjacent to an activating group) is 1. The summed E-state index contributed by atoms with van der Waals surface area (Å²) >= 11 is 0. The van der Waals surface area contributed by atoms with Crippen molar-refractivity contribution in [2.24, 2.45) is 5.73 Å². The fourth-order valence-corrected chi connectivity index (χ4v) is 5.07. The molecule has 3 amide bonds. The number of carbonyl (C=O) groups excluding carboxylic acids is 3. The minimum Gasteiger partial charge on any atom is -0.357 e. The van der Waals surface area contributed by atoms with Crippen molar-refractivity contribution in [1.29, 1.82) is 0 Å². The first-order valence-corrected chi connectivity index (χ1v) is 13.4. The molecule has 0 aliphatic carbocycles. The molecule has 4 rings (SSSR count). The van der Waals surface area contributed by atoms with E-state index in [0.29, 0.717) is 19.3 Å². The lowest BCUT2D eigenvalue weighted by Crippen LogP contribution is -2.63. The van der Waals surface area contributed by atoms with Crippen molar-refractivity contribution >= 4 is 28.5 Å². The van der Waals surface area contributed by atoms with Gasteiger partial charge in [-0.05, 0) is 54.7 Å². The van der Waals surface area contributed by atoms with Crippen molar-refractivity contribution in [3.05, 3.63) is 96.1 Å². The zero-order chi connectivity index (χ0) is 28.0. The van der Waals surface area contributed by atoms with E-state index in [0.717, 1.165) is 21.9 Å². The largest absolute Gasteiger partial charge is 0.357 e. The van der Waals surface area contributed by atoms with Crippen LogP contribution in [0.5, 0.6) is 0 Å². The second kappa shape index (κ2) is 12.3. The van der Waals surface area contributed by atoms with Crippen LogP contribution in [0.15, 0.2) is 84.9 Å². The summed E-state index contributed by atoms with van der Waals surface area (Å²) in [5, 5.41) is 4.99. The number of nitrogens with two attached hydrogens (primary N) is 1. The minimum absolute atomic E-state index is 0.0876. The number of hydrogen-bond donors (Lipinski definition) is 2. The first kappa shape index (κ1) is 28.0. The van der Waals surface area contributed by atoms with Gasteiger partial charge < -0.3 is 20.9 Å². The highest BCUT2D eigenvalue weighted by atomic mass is 16.2. The number of carbonyl (C=O) groups is 3. The van der Waals surface area contributed by atoms with Crippen molar-refractivity contribution in [3.63, 3.8) is 0 Å². The van der Waals surface area contributed by atoms with Crippen molar-refractivity contribution in [1.82, 2.24) is 15.1 Å². The molecule has 3 aromatic rings. The lowest BCUT2D eigenvalue weighted by molar-refractivity contribution is -0.151. The third-order valence-electron chi connectivity index (χ3n) is 7.14. The van der Waals surface area contributed by atoms with E-state index in [-0.39, 0.29) is 36.9 Å². The summed E-state index contributed by atoms with van der Waals surface area (Å²) in [5.41, 5.74) is 7.68. The number of rotatable bonds is 9. The van der Waals surface area contributed by atoms with Crippen LogP contribution >= 0.6 is 0 Å². The van der Waals surface area contributed by atoms with Crippen molar-refractivity contribution in [3.8, 4) is 0 Å². The van der Waals surface area contributed by atoms with Crippen molar-refractivity contribution < 1.29 is 14.4 Å². The van der Waals surface area contributed by atoms with Gasteiger partial charge in [0.25, 0.3) is 0 Å². The minimum atomic E-state index is -0.671.